The second-order valence-electron chi connectivity index (χ2n) is 5.84. The molecule has 3 N–H and O–H groups in total. The van der Waals surface area contributed by atoms with Crippen LogP contribution < -0.4 is 15.4 Å². The van der Waals surface area contributed by atoms with Gasteiger partial charge in [-0.25, -0.2) is 13.1 Å². The molecule has 1 aromatic heterocycles. The summed E-state index contributed by atoms with van der Waals surface area (Å²) in [4.78, 5) is 23.7. The zero-order valence-corrected chi connectivity index (χ0v) is 18.1. The van der Waals surface area contributed by atoms with Gasteiger partial charge in [0.05, 0.1) is 9.92 Å². The summed E-state index contributed by atoms with van der Waals surface area (Å²) in [5.74, 6) is -1.13. The highest BCUT2D eigenvalue weighted by Crippen LogP contribution is 2.34. The topological polar surface area (TPSA) is 104 Å². The fraction of sp³-hybridized carbons (Fsp3) is 0.0556. The Balaban J connectivity index is 1.68. The van der Waals surface area contributed by atoms with Crippen LogP contribution in [0.5, 0.6) is 0 Å². The van der Waals surface area contributed by atoms with Gasteiger partial charge in [0.25, 0.3) is 15.9 Å². The third-order valence-corrected chi connectivity index (χ3v) is 7.00. The second-order valence-corrected chi connectivity index (χ2v) is 9.36. The molecule has 0 aliphatic rings. The highest BCUT2D eigenvalue weighted by Gasteiger charge is 2.18. The maximum atomic E-state index is 12.5. The van der Waals surface area contributed by atoms with Crippen LogP contribution in [0.25, 0.3) is 10.1 Å². The number of hydrogen-bond acceptors (Lipinski definition) is 6. The maximum absolute atomic E-state index is 12.5. The van der Waals surface area contributed by atoms with Crippen LogP contribution in [-0.2, 0) is 14.8 Å². The van der Waals surface area contributed by atoms with Gasteiger partial charge < -0.3 is 5.32 Å². The molecule has 1 heterocycles. The predicted molar refractivity (Wildman–Crippen MR) is 118 cm³/mol. The number of hydrogen-bond donors (Lipinski definition) is 3. The molecule has 0 atom stereocenters. The summed E-state index contributed by atoms with van der Waals surface area (Å²) in [5, 5.41) is 6.52. The van der Waals surface area contributed by atoms with E-state index in [4.69, 9.17) is 23.8 Å². The van der Waals surface area contributed by atoms with E-state index in [-0.39, 0.29) is 10.0 Å². The van der Waals surface area contributed by atoms with Crippen LogP contribution in [0.3, 0.4) is 0 Å². The van der Waals surface area contributed by atoms with Crippen molar-refractivity contribution < 1.29 is 18.0 Å². The summed E-state index contributed by atoms with van der Waals surface area (Å²) in [5.41, 5.74) is 0.458. The van der Waals surface area contributed by atoms with Crippen molar-refractivity contribution in [3.8, 4) is 0 Å². The molecule has 0 fully saturated rings. The Hall–Kier alpha value is -2.53. The van der Waals surface area contributed by atoms with E-state index >= 15 is 0 Å². The van der Waals surface area contributed by atoms with E-state index < -0.39 is 21.8 Å². The number of sulfonamides is 1. The van der Waals surface area contributed by atoms with Crippen molar-refractivity contribution in [2.24, 2.45) is 0 Å². The zero-order chi connectivity index (χ0) is 21.2. The van der Waals surface area contributed by atoms with Crippen LogP contribution >= 0.6 is 35.2 Å². The number of fused-ring (bicyclic) bond motifs is 1. The Morgan fingerprint density at radius 3 is 2.34 bits per heavy atom. The molecule has 0 aliphatic heterocycles. The van der Waals surface area contributed by atoms with E-state index in [1.165, 1.54) is 35.6 Å². The molecule has 3 rings (SSSR count). The van der Waals surface area contributed by atoms with Gasteiger partial charge in [0, 0.05) is 22.7 Å². The minimum atomic E-state index is -3.92. The van der Waals surface area contributed by atoms with Crippen LogP contribution in [-0.4, -0.2) is 25.3 Å². The molecule has 0 unspecified atom stereocenters. The Kier molecular flexibility index (Phi) is 6.18. The van der Waals surface area contributed by atoms with E-state index in [9.17, 15) is 18.0 Å². The van der Waals surface area contributed by atoms with Crippen molar-refractivity contribution in [1.29, 1.82) is 0 Å². The molecule has 0 radical (unpaired) electrons. The molecule has 0 saturated carbocycles. The van der Waals surface area contributed by atoms with Gasteiger partial charge in [-0.15, -0.1) is 11.3 Å². The van der Waals surface area contributed by atoms with Gasteiger partial charge in [0.15, 0.2) is 5.11 Å². The maximum Gasteiger partial charge on any atom is 0.269 e. The number of thiocarbonyl (C=S) groups is 1. The van der Waals surface area contributed by atoms with E-state index in [0.29, 0.717) is 15.6 Å². The second kappa shape index (κ2) is 8.46. The van der Waals surface area contributed by atoms with Crippen LogP contribution in [0.15, 0.2) is 53.4 Å². The Labute approximate surface area is 181 Å². The lowest BCUT2D eigenvalue weighted by molar-refractivity contribution is -0.117. The van der Waals surface area contributed by atoms with Gasteiger partial charge in [0.2, 0.25) is 5.91 Å². The number of halogens is 1. The van der Waals surface area contributed by atoms with Crippen LogP contribution in [0.1, 0.15) is 16.6 Å². The fourth-order valence-electron chi connectivity index (χ4n) is 2.45. The average Bonchev–Trinajstić information content (AvgIpc) is 2.98. The van der Waals surface area contributed by atoms with Crippen molar-refractivity contribution >= 4 is 77.9 Å². The zero-order valence-electron chi connectivity index (χ0n) is 14.9. The third kappa shape index (κ3) is 4.91. The molecule has 0 saturated heterocycles. The number of rotatable bonds is 4. The highest BCUT2D eigenvalue weighted by atomic mass is 35.5. The van der Waals surface area contributed by atoms with Gasteiger partial charge in [0.1, 0.15) is 4.88 Å². The van der Waals surface area contributed by atoms with Crippen molar-refractivity contribution in [3.63, 3.8) is 0 Å². The first kappa shape index (κ1) is 21.2. The fourth-order valence-corrected chi connectivity index (χ4v) is 5.06. The van der Waals surface area contributed by atoms with Crippen molar-refractivity contribution in [1.82, 2.24) is 10.0 Å². The summed E-state index contributed by atoms with van der Waals surface area (Å²) in [7, 11) is -3.92. The molecule has 0 spiro atoms. The number of carbonyl (C=O) groups excluding carboxylic acids is 2. The number of anilines is 1. The van der Waals surface area contributed by atoms with Gasteiger partial charge in [-0.2, -0.15) is 0 Å². The largest absolute Gasteiger partial charge is 0.332 e. The Morgan fingerprint density at radius 2 is 1.72 bits per heavy atom. The summed E-state index contributed by atoms with van der Waals surface area (Å²) in [6.45, 7) is 1.11. The molecule has 11 heteroatoms. The first-order valence-corrected chi connectivity index (χ1v) is 11.2. The van der Waals surface area contributed by atoms with Gasteiger partial charge in [-0.05, 0) is 42.5 Å². The van der Waals surface area contributed by atoms with Gasteiger partial charge >= 0.3 is 0 Å². The van der Waals surface area contributed by atoms with Crippen molar-refractivity contribution in [2.75, 3.05) is 5.32 Å². The molecular formula is C18H14ClN3O4S3. The number of thiophene rings is 1. The SMILES string of the molecule is CC(=O)NS(=O)(=O)c1ccc(NC(=S)NC(=O)c2sc3ccccc3c2Cl)cc1. The van der Waals surface area contributed by atoms with E-state index in [1.54, 1.807) is 0 Å². The highest BCUT2D eigenvalue weighted by molar-refractivity contribution is 7.90. The minimum absolute atomic E-state index is 0.0287. The summed E-state index contributed by atoms with van der Waals surface area (Å²) < 4.78 is 26.6. The van der Waals surface area contributed by atoms with Crippen LogP contribution in [0.4, 0.5) is 5.69 Å². The average molecular weight is 468 g/mol. The van der Waals surface area contributed by atoms with Gasteiger partial charge in [-0.3, -0.25) is 14.9 Å². The monoisotopic (exact) mass is 467 g/mol. The molecule has 3 aromatic rings. The third-order valence-electron chi connectivity index (χ3n) is 3.67. The normalized spacial score (nSPS) is 11.1. The molecular weight excluding hydrogens is 454 g/mol. The number of nitrogens with one attached hydrogen (secondary N) is 3. The predicted octanol–water partition coefficient (Wildman–Crippen LogP) is 3.51. The lowest BCUT2D eigenvalue weighted by atomic mass is 10.2. The van der Waals surface area contributed by atoms with Crippen molar-refractivity contribution in [3.05, 3.63) is 58.4 Å². The lowest BCUT2D eigenvalue weighted by Gasteiger charge is -2.10. The molecule has 7 nitrogen and oxygen atoms in total. The quantitative estimate of drug-likeness (QED) is 0.507. The number of amides is 2. The van der Waals surface area contributed by atoms with E-state index in [1.807, 2.05) is 29.0 Å². The molecule has 150 valence electrons. The van der Waals surface area contributed by atoms with E-state index in [0.717, 1.165) is 17.0 Å². The molecule has 2 aromatic carbocycles. The standard InChI is InChI=1S/C18H14ClN3O4S3/c1-10(23)22-29(25,26)12-8-6-11(7-9-12)20-18(27)21-17(24)16-15(19)13-4-2-3-5-14(13)28-16/h2-9H,1H3,(H,22,23)(H2,20,21,24,27). The first-order valence-electron chi connectivity index (χ1n) is 8.10. The summed E-state index contributed by atoms with van der Waals surface area (Å²) in [6, 6.07) is 12.9. The summed E-state index contributed by atoms with van der Waals surface area (Å²) in [6.07, 6.45) is 0. The molecule has 0 aliphatic carbocycles. The Morgan fingerprint density at radius 1 is 1.07 bits per heavy atom. The van der Waals surface area contributed by atoms with Crippen molar-refractivity contribution in [2.45, 2.75) is 11.8 Å². The smallest absolute Gasteiger partial charge is 0.269 e. The molecule has 0 bridgehead atoms. The number of carbonyl (C=O) groups is 2. The van der Waals surface area contributed by atoms with E-state index in [2.05, 4.69) is 10.6 Å². The van der Waals surface area contributed by atoms with Crippen LogP contribution in [0, 0.1) is 0 Å². The Bertz CT molecular complexity index is 1220. The number of benzene rings is 2. The first-order chi connectivity index (χ1) is 13.7. The summed E-state index contributed by atoms with van der Waals surface area (Å²) >= 11 is 12.7. The molecule has 29 heavy (non-hydrogen) atoms. The molecule has 2 amide bonds. The lowest BCUT2D eigenvalue weighted by Crippen LogP contribution is -2.33. The van der Waals surface area contributed by atoms with Crippen LogP contribution in [0.2, 0.25) is 5.02 Å². The minimum Gasteiger partial charge on any atom is -0.332 e. The van der Waals surface area contributed by atoms with Gasteiger partial charge in [-0.1, -0.05) is 29.8 Å².